The van der Waals surface area contributed by atoms with Crippen molar-refractivity contribution in [2.75, 3.05) is 18.5 Å². The van der Waals surface area contributed by atoms with Crippen LogP contribution < -0.4 is 4.90 Å². The molecule has 84 valence electrons. The Morgan fingerprint density at radius 2 is 2.31 bits per heavy atom. The second-order valence-corrected chi connectivity index (χ2v) is 4.15. The van der Waals surface area contributed by atoms with Gasteiger partial charge >= 0.3 is 5.97 Å². The zero-order chi connectivity index (χ0) is 12.1. The van der Waals surface area contributed by atoms with Crippen molar-refractivity contribution >= 4 is 27.6 Å². The summed E-state index contributed by atoms with van der Waals surface area (Å²) in [7, 11) is 1.86. The van der Waals surface area contributed by atoms with Crippen molar-refractivity contribution < 1.29 is 9.90 Å². The number of carboxylic acid groups (broad SMARTS) is 1. The molecule has 5 heteroatoms. The zero-order valence-electron chi connectivity index (χ0n) is 8.77. The lowest BCUT2D eigenvalue weighted by atomic mass is 10.2. The van der Waals surface area contributed by atoms with Crippen LogP contribution >= 0.6 is 15.9 Å². The first kappa shape index (κ1) is 12.5. The van der Waals surface area contributed by atoms with E-state index in [-0.39, 0.29) is 5.56 Å². The number of carboxylic acids is 1. The SMILES string of the molecule is CN(CCC#N)c1ccc(C(=O)O)c(Br)c1. The third-order valence-electron chi connectivity index (χ3n) is 2.18. The molecule has 0 aliphatic carbocycles. The largest absolute Gasteiger partial charge is 0.478 e. The predicted molar refractivity (Wildman–Crippen MR) is 64.6 cm³/mol. The van der Waals surface area contributed by atoms with E-state index in [1.54, 1.807) is 18.2 Å². The molecule has 0 saturated heterocycles. The first-order chi connectivity index (χ1) is 7.56. The summed E-state index contributed by atoms with van der Waals surface area (Å²) in [5.41, 5.74) is 1.12. The van der Waals surface area contributed by atoms with Gasteiger partial charge in [-0.05, 0) is 34.1 Å². The van der Waals surface area contributed by atoms with Crippen molar-refractivity contribution in [1.29, 1.82) is 5.26 Å². The second kappa shape index (κ2) is 5.52. The summed E-state index contributed by atoms with van der Waals surface area (Å²) in [4.78, 5) is 12.7. The molecular formula is C11H11BrN2O2. The number of nitrogens with zero attached hydrogens (tertiary/aromatic N) is 2. The van der Waals surface area contributed by atoms with Crippen LogP contribution in [-0.2, 0) is 0 Å². The van der Waals surface area contributed by atoms with Crippen molar-refractivity contribution in [2.24, 2.45) is 0 Å². The average Bonchev–Trinajstić information content (AvgIpc) is 2.25. The van der Waals surface area contributed by atoms with Gasteiger partial charge in [0.25, 0.3) is 0 Å². The number of aromatic carboxylic acids is 1. The lowest BCUT2D eigenvalue weighted by Crippen LogP contribution is -2.18. The first-order valence-corrected chi connectivity index (χ1v) is 5.46. The third-order valence-corrected chi connectivity index (χ3v) is 2.84. The maximum Gasteiger partial charge on any atom is 0.336 e. The molecule has 0 aromatic heterocycles. The van der Waals surface area contributed by atoms with Gasteiger partial charge in [0.1, 0.15) is 0 Å². The van der Waals surface area contributed by atoms with E-state index in [1.807, 2.05) is 11.9 Å². The Kier molecular flexibility index (Phi) is 4.32. The van der Waals surface area contributed by atoms with Gasteiger partial charge in [-0.1, -0.05) is 0 Å². The van der Waals surface area contributed by atoms with Crippen LogP contribution in [0.5, 0.6) is 0 Å². The van der Waals surface area contributed by atoms with Gasteiger partial charge in [0.2, 0.25) is 0 Å². The molecule has 1 rings (SSSR count). The fraction of sp³-hybridized carbons (Fsp3) is 0.273. The molecule has 0 amide bonds. The minimum absolute atomic E-state index is 0.234. The highest BCUT2D eigenvalue weighted by Gasteiger charge is 2.09. The summed E-state index contributed by atoms with van der Waals surface area (Å²) in [5, 5.41) is 17.3. The van der Waals surface area contributed by atoms with Crippen molar-refractivity contribution in [3.05, 3.63) is 28.2 Å². The molecule has 0 atom stereocenters. The number of hydrogen-bond acceptors (Lipinski definition) is 3. The number of halogens is 1. The van der Waals surface area contributed by atoms with Gasteiger partial charge in [0.15, 0.2) is 0 Å². The van der Waals surface area contributed by atoms with Crippen molar-refractivity contribution in [1.82, 2.24) is 0 Å². The van der Waals surface area contributed by atoms with Gasteiger partial charge < -0.3 is 10.0 Å². The van der Waals surface area contributed by atoms with Gasteiger partial charge in [0.05, 0.1) is 18.1 Å². The number of hydrogen-bond donors (Lipinski definition) is 1. The van der Waals surface area contributed by atoms with Gasteiger partial charge in [-0.3, -0.25) is 0 Å². The number of benzene rings is 1. The van der Waals surface area contributed by atoms with Crippen LogP contribution in [0.25, 0.3) is 0 Å². The van der Waals surface area contributed by atoms with Crippen molar-refractivity contribution in [2.45, 2.75) is 6.42 Å². The Hall–Kier alpha value is -1.54. The Morgan fingerprint density at radius 1 is 1.62 bits per heavy atom. The highest BCUT2D eigenvalue weighted by atomic mass is 79.9. The summed E-state index contributed by atoms with van der Waals surface area (Å²) in [6.07, 6.45) is 0.439. The van der Waals surface area contributed by atoms with E-state index in [4.69, 9.17) is 10.4 Å². The normalized spacial score (nSPS) is 9.56. The average molecular weight is 283 g/mol. The molecule has 0 aliphatic heterocycles. The molecule has 1 aromatic rings. The fourth-order valence-electron chi connectivity index (χ4n) is 1.26. The van der Waals surface area contributed by atoms with Gasteiger partial charge in [0, 0.05) is 23.8 Å². The van der Waals surface area contributed by atoms with Crippen LogP contribution in [0.3, 0.4) is 0 Å². The Balaban J connectivity index is 2.89. The smallest absolute Gasteiger partial charge is 0.336 e. The molecule has 1 N–H and O–H groups in total. The Bertz CT molecular complexity index is 440. The van der Waals surface area contributed by atoms with Crippen molar-refractivity contribution in [3.63, 3.8) is 0 Å². The first-order valence-electron chi connectivity index (χ1n) is 4.67. The third kappa shape index (κ3) is 2.97. The van der Waals surface area contributed by atoms with Gasteiger partial charge in [-0.15, -0.1) is 0 Å². The van der Waals surface area contributed by atoms with E-state index >= 15 is 0 Å². The molecule has 0 aliphatic rings. The van der Waals surface area contributed by atoms with E-state index in [2.05, 4.69) is 22.0 Å². The lowest BCUT2D eigenvalue weighted by molar-refractivity contribution is 0.0696. The van der Waals surface area contributed by atoms with Gasteiger partial charge in [-0.25, -0.2) is 4.79 Å². The summed E-state index contributed by atoms with van der Waals surface area (Å²) < 4.78 is 0.543. The minimum atomic E-state index is -0.960. The molecule has 0 fully saturated rings. The van der Waals surface area contributed by atoms with Crippen LogP contribution in [0.15, 0.2) is 22.7 Å². The van der Waals surface area contributed by atoms with Crippen LogP contribution in [0.4, 0.5) is 5.69 Å². The van der Waals surface area contributed by atoms with E-state index in [9.17, 15) is 4.79 Å². The molecule has 0 spiro atoms. The van der Waals surface area contributed by atoms with Crippen LogP contribution in [0.2, 0.25) is 0 Å². The van der Waals surface area contributed by atoms with Crippen LogP contribution in [0, 0.1) is 11.3 Å². The molecule has 0 radical (unpaired) electrons. The highest BCUT2D eigenvalue weighted by Crippen LogP contribution is 2.23. The van der Waals surface area contributed by atoms with Crippen molar-refractivity contribution in [3.8, 4) is 6.07 Å². The van der Waals surface area contributed by atoms with E-state index in [1.165, 1.54) is 0 Å². The van der Waals surface area contributed by atoms with E-state index in [0.29, 0.717) is 17.4 Å². The Morgan fingerprint density at radius 3 is 2.81 bits per heavy atom. The predicted octanol–water partition coefficient (Wildman–Crippen LogP) is 2.50. The molecule has 0 heterocycles. The van der Waals surface area contributed by atoms with Gasteiger partial charge in [-0.2, -0.15) is 5.26 Å². The molecule has 0 saturated carbocycles. The minimum Gasteiger partial charge on any atom is -0.478 e. The standard InChI is InChI=1S/C11H11BrN2O2/c1-14(6-2-5-13)8-3-4-9(11(15)16)10(12)7-8/h3-4,7H,2,6H2,1H3,(H,15,16). The number of nitriles is 1. The molecular weight excluding hydrogens is 272 g/mol. The number of carbonyl (C=O) groups is 1. The summed E-state index contributed by atoms with van der Waals surface area (Å²) in [5.74, 6) is -0.960. The molecule has 16 heavy (non-hydrogen) atoms. The van der Waals surface area contributed by atoms with Crippen LogP contribution in [0.1, 0.15) is 16.8 Å². The maximum absolute atomic E-state index is 10.8. The quantitative estimate of drug-likeness (QED) is 0.922. The summed E-state index contributed by atoms with van der Waals surface area (Å²) in [6.45, 7) is 0.620. The molecule has 0 bridgehead atoms. The van der Waals surface area contributed by atoms with E-state index in [0.717, 1.165) is 5.69 Å². The zero-order valence-corrected chi connectivity index (χ0v) is 10.4. The monoisotopic (exact) mass is 282 g/mol. The second-order valence-electron chi connectivity index (χ2n) is 3.30. The summed E-state index contributed by atoms with van der Waals surface area (Å²) >= 11 is 3.21. The fourth-order valence-corrected chi connectivity index (χ4v) is 1.80. The van der Waals surface area contributed by atoms with Crippen LogP contribution in [-0.4, -0.2) is 24.7 Å². The molecule has 4 nitrogen and oxygen atoms in total. The Labute approximate surface area is 102 Å². The molecule has 0 unspecified atom stereocenters. The number of rotatable bonds is 4. The number of anilines is 1. The topological polar surface area (TPSA) is 64.3 Å². The van der Waals surface area contributed by atoms with E-state index < -0.39 is 5.97 Å². The lowest BCUT2D eigenvalue weighted by Gasteiger charge is -2.18. The summed E-state index contributed by atoms with van der Waals surface area (Å²) in [6, 6.07) is 7.08. The molecule has 1 aromatic carbocycles. The maximum atomic E-state index is 10.8. The highest BCUT2D eigenvalue weighted by molar-refractivity contribution is 9.10.